The topological polar surface area (TPSA) is 299 Å². The van der Waals surface area contributed by atoms with Crippen LogP contribution < -0.4 is 43.4 Å². The number of nitrogens with one attached hydrogen (secondary N) is 9. The van der Waals surface area contributed by atoms with Gasteiger partial charge in [0.25, 0.3) is 0 Å². The van der Waals surface area contributed by atoms with Crippen molar-refractivity contribution >= 4 is 63.1 Å². The Morgan fingerprint density at radius 2 is 1.22 bits per heavy atom. The van der Waals surface area contributed by atoms with E-state index >= 15 is 0 Å². The van der Waals surface area contributed by atoms with Crippen LogP contribution in [0, 0.1) is 11.3 Å². The number of amides is 5. The highest BCUT2D eigenvalue weighted by molar-refractivity contribution is 5.97. The van der Waals surface area contributed by atoms with Crippen molar-refractivity contribution in [2.75, 3.05) is 13.1 Å². The first-order valence-electron chi connectivity index (χ1n) is 23.0. The lowest BCUT2D eigenvalue weighted by molar-refractivity contribution is -0.135. The highest BCUT2D eigenvalue weighted by atomic mass is 16.2. The molecule has 1 unspecified atom stereocenters. The molecule has 0 bridgehead atoms. The number of nitrogens with zero attached hydrogens (tertiary/aromatic N) is 2. The number of carbonyl (C=O) groups is 6. The van der Waals surface area contributed by atoms with Gasteiger partial charge in [-0.25, -0.2) is 4.98 Å². The summed E-state index contributed by atoms with van der Waals surface area (Å²) in [6.07, 6.45) is 7.41. The maximum Gasteiger partial charge on any atom is 0.243 e. The number of para-hydroxylation sites is 2. The molecule has 0 saturated carbocycles. The highest BCUT2D eigenvalue weighted by Crippen LogP contribution is 2.23. The SMILES string of the molecule is CC(C)C(NC(=O)[C@H](Cc1c[nH]c2ccccc12)NC(=O)CNC(=O)[C@H](CCCN=C(N)N)NC(=O)[C@H](Cc1c[nH]c2ccccc12)NC(=O)[C@H](Cc1cnc[nH]1)NC(C)(C)C)C(=O)C(C)(C)C. The van der Waals surface area contributed by atoms with E-state index in [-0.39, 0.29) is 56.3 Å². The lowest BCUT2D eigenvalue weighted by atomic mass is 9.82. The number of guanidine groups is 1. The number of carbonyl (C=O) groups excluding carboxylic acids is 6. The van der Waals surface area contributed by atoms with Crippen LogP contribution in [0.25, 0.3) is 21.8 Å². The maximum absolute atomic E-state index is 14.5. The van der Waals surface area contributed by atoms with E-state index in [1.807, 2.05) is 83.1 Å². The van der Waals surface area contributed by atoms with E-state index < -0.39 is 77.2 Å². The van der Waals surface area contributed by atoms with Crippen LogP contribution in [0.15, 0.2) is 78.4 Å². The number of imidazole rings is 1. The smallest absolute Gasteiger partial charge is 0.243 e. The van der Waals surface area contributed by atoms with Crippen LogP contribution >= 0.6 is 0 Å². The van der Waals surface area contributed by atoms with Crippen LogP contribution in [0.5, 0.6) is 0 Å². The molecule has 366 valence electrons. The predicted octanol–water partition coefficient (Wildman–Crippen LogP) is 2.54. The molecular formula is C49H69N13O6. The van der Waals surface area contributed by atoms with Gasteiger partial charge in [-0.15, -0.1) is 0 Å². The normalized spacial score (nSPS) is 14.1. The Morgan fingerprint density at radius 3 is 1.75 bits per heavy atom. The van der Waals surface area contributed by atoms with Crippen molar-refractivity contribution in [2.45, 2.75) is 123 Å². The van der Waals surface area contributed by atoms with Crippen molar-refractivity contribution in [1.29, 1.82) is 0 Å². The Hall–Kier alpha value is -7.02. The van der Waals surface area contributed by atoms with Gasteiger partial charge in [0, 0.05) is 82.9 Å². The van der Waals surface area contributed by atoms with Gasteiger partial charge in [0.2, 0.25) is 29.5 Å². The third-order valence-corrected chi connectivity index (χ3v) is 11.4. The molecular weight excluding hydrogens is 867 g/mol. The van der Waals surface area contributed by atoms with E-state index in [1.54, 1.807) is 39.4 Å². The van der Waals surface area contributed by atoms with Gasteiger partial charge in [0.15, 0.2) is 11.7 Å². The Balaban J connectivity index is 1.37. The summed E-state index contributed by atoms with van der Waals surface area (Å²) in [5.74, 6) is -3.59. The lowest BCUT2D eigenvalue weighted by Gasteiger charge is -2.30. The number of hydrogen-bond donors (Lipinski definition) is 11. The first kappa shape index (κ1) is 52.0. The Bertz CT molecular complexity index is 2540. The van der Waals surface area contributed by atoms with Crippen LogP contribution in [0.4, 0.5) is 0 Å². The fourth-order valence-electron chi connectivity index (χ4n) is 7.92. The van der Waals surface area contributed by atoms with Gasteiger partial charge in [-0.2, -0.15) is 0 Å². The van der Waals surface area contributed by atoms with Crippen molar-refractivity contribution in [2.24, 2.45) is 27.8 Å². The molecule has 0 spiro atoms. The quantitative estimate of drug-likeness (QED) is 0.0259. The summed E-state index contributed by atoms with van der Waals surface area (Å²) in [4.78, 5) is 102. The largest absolute Gasteiger partial charge is 0.370 e. The zero-order valence-electron chi connectivity index (χ0n) is 40.3. The highest BCUT2D eigenvalue weighted by Gasteiger charge is 2.36. The van der Waals surface area contributed by atoms with Crippen LogP contribution in [0.3, 0.4) is 0 Å². The van der Waals surface area contributed by atoms with Gasteiger partial charge in [0.1, 0.15) is 18.1 Å². The third kappa shape index (κ3) is 15.0. The average molecular weight is 936 g/mol. The predicted molar refractivity (Wildman–Crippen MR) is 263 cm³/mol. The van der Waals surface area contributed by atoms with Crippen molar-refractivity contribution in [3.63, 3.8) is 0 Å². The van der Waals surface area contributed by atoms with Crippen LogP contribution in [-0.4, -0.2) is 110 Å². The van der Waals surface area contributed by atoms with E-state index in [0.717, 1.165) is 32.9 Å². The van der Waals surface area contributed by atoms with E-state index in [0.29, 0.717) is 5.69 Å². The minimum atomic E-state index is -1.21. The first-order valence-corrected chi connectivity index (χ1v) is 23.0. The standard InChI is InChI=1S/C49H69N13O6/c1-28(2)41(42(64)48(3,4)5)61-45(67)37(20-29-23-54-34-16-11-9-14-32(29)34)58-40(63)26-56-43(65)36(18-13-19-53-47(50)51)59-44(66)38(21-30-24-55-35-17-12-10-15-33(30)35)60-46(68)39(62-49(6,7)8)22-31-25-52-27-57-31/h9-12,14-17,23-25,27-28,36-39,41,54-55,62H,13,18-22,26H2,1-8H3,(H,52,57)(H,56,65)(H,58,63)(H,59,66)(H,60,68)(H,61,67)(H4,50,51,53)/t36-,37-,38-,39-,41?/m0/s1. The molecule has 0 aliphatic rings. The maximum atomic E-state index is 14.5. The fourth-order valence-corrected chi connectivity index (χ4v) is 7.92. The van der Waals surface area contributed by atoms with Gasteiger partial charge in [-0.05, 0) is 62.8 Å². The van der Waals surface area contributed by atoms with E-state index in [4.69, 9.17) is 11.5 Å². The van der Waals surface area contributed by atoms with Crippen molar-refractivity contribution in [3.05, 3.63) is 90.3 Å². The minimum Gasteiger partial charge on any atom is -0.370 e. The molecule has 3 aromatic heterocycles. The van der Waals surface area contributed by atoms with Crippen LogP contribution in [0.2, 0.25) is 0 Å². The number of aliphatic imine (C=N–C) groups is 1. The third-order valence-electron chi connectivity index (χ3n) is 11.4. The van der Waals surface area contributed by atoms with Crippen molar-refractivity contribution in [3.8, 4) is 0 Å². The number of rotatable bonds is 23. The molecule has 5 rings (SSSR count). The zero-order valence-corrected chi connectivity index (χ0v) is 40.3. The molecule has 0 aliphatic carbocycles. The second-order valence-corrected chi connectivity index (χ2v) is 19.6. The molecule has 68 heavy (non-hydrogen) atoms. The molecule has 5 amide bonds. The van der Waals surface area contributed by atoms with Gasteiger partial charge in [-0.1, -0.05) is 71.0 Å². The number of benzene rings is 2. The van der Waals surface area contributed by atoms with E-state index in [9.17, 15) is 28.8 Å². The molecule has 0 saturated heterocycles. The molecule has 5 aromatic rings. The molecule has 0 aliphatic heterocycles. The monoisotopic (exact) mass is 936 g/mol. The fraction of sp³-hybridized carbons (Fsp3) is 0.469. The molecule has 5 atom stereocenters. The molecule has 13 N–H and O–H groups in total. The summed E-state index contributed by atoms with van der Waals surface area (Å²) in [6.45, 7) is 14.4. The molecule has 2 aromatic carbocycles. The van der Waals surface area contributed by atoms with E-state index in [1.165, 1.54) is 6.33 Å². The molecule has 3 heterocycles. The number of aromatic amines is 3. The van der Waals surface area contributed by atoms with Crippen LogP contribution in [0.1, 0.15) is 85.1 Å². The zero-order chi connectivity index (χ0) is 49.8. The number of ketones is 1. The Morgan fingerprint density at radius 1 is 0.676 bits per heavy atom. The number of nitrogens with two attached hydrogens (primary N) is 2. The van der Waals surface area contributed by atoms with E-state index in [2.05, 4.69) is 56.8 Å². The lowest BCUT2D eigenvalue weighted by Crippen LogP contribution is -2.59. The van der Waals surface area contributed by atoms with Gasteiger partial charge in [-0.3, -0.25) is 33.8 Å². The number of hydrogen-bond acceptors (Lipinski definition) is 9. The number of Topliss-reactive ketones (excluding diaryl/α,β-unsaturated/α-hetero) is 1. The van der Waals surface area contributed by atoms with Crippen molar-refractivity contribution in [1.82, 2.24) is 51.8 Å². The minimum absolute atomic E-state index is 0.0573. The summed E-state index contributed by atoms with van der Waals surface area (Å²) >= 11 is 0. The second kappa shape index (κ2) is 23.1. The van der Waals surface area contributed by atoms with Gasteiger partial charge >= 0.3 is 0 Å². The average Bonchev–Trinajstić information content (AvgIpc) is 4.04. The van der Waals surface area contributed by atoms with Gasteiger partial charge in [0.05, 0.1) is 25.0 Å². The van der Waals surface area contributed by atoms with Gasteiger partial charge < -0.3 is 58.3 Å². The summed E-state index contributed by atoms with van der Waals surface area (Å²) in [7, 11) is 0. The molecule has 19 heteroatoms. The molecule has 0 radical (unpaired) electrons. The summed E-state index contributed by atoms with van der Waals surface area (Å²) in [5.41, 5.74) is 13.8. The molecule has 0 fully saturated rings. The van der Waals surface area contributed by atoms with Crippen molar-refractivity contribution < 1.29 is 28.8 Å². The van der Waals surface area contributed by atoms with Crippen LogP contribution in [-0.2, 0) is 48.0 Å². The summed E-state index contributed by atoms with van der Waals surface area (Å²) in [6, 6.07) is 10.0. The summed E-state index contributed by atoms with van der Waals surface area (Å²) in [5, 5.41) is 19.1. The summed E-state index contributed by atoms with van der Waals surface area (Å²) < 4.78 is 0. The molecule has 19 nitrogen and oxygen atoms in total. The Labute approximate surface area is 397 Å². The number of aromatic nitrogens is 4. The Kier molecular flexibility index (Phi) is 17.7. The first-order chi connectivity index (χ1) is 32.1. The number of H-pyrrole nitrogens is 3. The number of fused-ring (bicyclic) bond motifs is 2. The second-order valence-electron chi connectivity index (χ2n) is 19.6.